The topological polar surface area (TPSA) is 29.1 Å². The standard InChI is InChI=1S/C17H23NO/c1-13-6-5-8-15(12-13)10-11-17(19)18-16-9-4-3-7-14(16)2/h5-6,8,10-12,14,16H,3-4,7,9H2,1-2H3,(H,18,19)/b11-10+/t14-,16-/m1/s1. The van der Waals surface area contributed by atoms with E-state index in [0.717, 1.165) is 12.0 Å². The second kappa shape index (κ2) is 6.55. The number of carbonyl (C=O) groups is 1. The Morgan fingerprint density at radius 2 is 2.11 bits per heavy atom. The van der Waals surface area contributed by atoms with Crippen LogP contribution in [-0.4, -0.2) is 11.9 Å². The van der Waals surface area contributed by atoms with Crippen molar-refractivity contribution in [3.63, 3.8) is 0 Å². The summed E-state index contributed by atoms with van der Waals surface area (Å²) in [6.07, 6.45) is 8.41. The SMILES string of the molecule is Cc1cccc(/C=C/C(=O)N[C@@H]2CCCC[C@H]2C)c1. The van der Waals surface area contributed by atoms with Gasteiger partial charge in [0.1, 0.15) is 0 Å². The number of benzene rings is 1. The molecule has 0 saturated heterocycles. The van der Waals surface area contributed by atoms with Crippen LogP contribution in [0.1, 0.15) is 43.7 Å². The van der Waals surface area contributed by atoms with Crippen LogP contribution in [0.15, 0.2) is 30.3 Å². The van der Waals surface area contributed by atoms with Gasteiger partial charge in [0.15, 0.2) is 0 Å². The molecule has 1 amide bonds. The van der Waals surface area contributed by atoms with Crippen molar-refractivity contribution in [2.75, 3.05) is 0 Å². The van der Waals surface area contributed by atoms with Gasteiger partial charge in [-0.2, -0.15) is 0 Å². The molecule has 2 rings (SSSR count). The van der Waals surface area contributed by atoms with Crippen molar-refractivity contribution in [1.82, 2.24) is 5.32 Å². The molecule has 0 radical (unpaired) electrons. The van der Waals surface area contributed by atoms with E-state index in [1.807, 2.05) is 18.2 Å². The van der Waals surface area contributed by atoms with Crippen LogP contribution in [0.25, 0.3) is 6.08 Å². The number of rotatable bonds is 3. The number of aryl methyl sites for hydroxylation is 1. The van der Waals surface area contributed by atoms with E-state index in [1.165, 1.54) is 24.8 Å². The van der Waals surface area contributed by atoms with Crippen molar-refractivity contribution in [3.05, 3.63) is 41.5 Å². The largest absolute Gasteiger partial charge is 0.350 e. The summed E-state index contributed by atoms with van der Waals surface area (Å²) in [6, 6.07) is 8.51. The summed E-state index contributed by atoms with van der Waals surface area (Å²) in [5.41, 5.74) is 2.29. The first-order valence-corrected chi connectivity index (χ1v) is 7.20. The van der Waals surface area contributed by atoms with Gasteiger partial charge < -0.3 is 5.32 Å². The van der Waals surface area contributed by atoms with E-state index < -0.39 is 0 Å². The van der Waals surface area contributed by atoms with Crippen LogP contribution >= 0.6 is 0 Å². The molecule has 0 heterocycles. The summed E-state index contributed by atoms with van der Waals surface area (Å²) >= 11 is 0. The van der Waals surface area contributed by atoms with Crippen molar-refractivity contribution in [3.8, 4) is 0 Å². The molecule has 19 heavy (non-hydrogen) atoms. The predicted molar refractivity (Wildman–Crippen MR) is 79.8 cm³/mol. The molecule has 1 aromatic carbocycles. The Kier molecular flexibility index (Phi) is 4.78. The van der Waals surface area contributed by atoms with Crippen molar-refractivity contribution in [2.24, 2.45) is 5.92 Å². The fourth-order valence-corrected chi connectivity index (χ4v) is 2.71. The van der Waals surface area contributed by atoms with Crippen LogP contribution in [0.4, 0.5) is 0 Å². The molecule has 0 bridgehead atoms. The molecule has 0 aliphatic heterocycles. The van der Waals surface area contributed by atoms with E-state index in [2.05, 4.69) is 31.3 Å². The molecule has 0 unspecified atom stereocenters. The molecule has 1 aliphatic carbocycles. The van der Waals surface area contributed by atoms with Crippen molar-refractivity contribution in [2.45, 2.75) is 45.6 Å². The Labute approximate surface area is 115 Å². The average molecular weight is 257 g/mol. The lowest BCUT2D eigenvalue weighted by atomic mass is 9.86. The van der Waals surface area contributed by atoms with Gasteiger partial charge in [0.05, 0.1) is 0 Å². The van der Waals surface area contributed by atoms with Gasteiger partial charge in [-0.15, -0.1) is 0 Å². The van der Waals surface area contributed by atoms with Crippen LogP contribution in [0.2, 0.25) is 0 Å². The van der Waals surface area contributed by atoms with Crippen LogP contribution < -0.4 is 5.32 Å². The normalized spacial score (nSPS) is 23.5. The molecule has 0 aromatic heterocycles. The number of carbonyl (C=O) groups excluding carboxylic acids is 1. The monoisotopic (exact) mass is 257 g/mol. The second-order valence-electron chi connectivity index (χ2n) is 5.62. The zero-order chi connectivity index (χ0) is 13.7. The lowest BCUT2D eigenvalue weighted by molar-refractivity contribution is -0.117. The van der Waals surface area contributed by atoms with Crippen LogP contribution in [-0.2, 0) is 4.79 Å². The molecule has 102 valence electrons. The van der Waals surface area contributed by atoms with Crippen molar-refractivity contribution >= 4 is 12.0 Å². The first kappa shape index (κ1) is 13.9. The fourth-order valence-electron chi connectivity index (χ4n) is 2.71. The first-order chi connectivity index (χ1) is 9.15. The summed E-state index contributed by atoms with van der Waals surface area (Å²) < 4.78 is 0. The first-order valence-electron chi connectivity index (χ1n) is 7.20. The van der Waals surface area contributed by atoms with Crippen LogP contribution in [0.5, 0.6) is 0 Å². The Morgan fingerprint density at radius 3 is 2.84 bits per heavy atom. The highest BCUT2D eigenvalue weighted by molar-refractivity contribution is 5.91. The zero-order valence-corrected chi connectivity index (χ0v) is 11.9. The second-order valence-corrected chi connectivity index (χ2v) is 5.62. The third kappa shape index (κ3) is 4.23. The van der Waals surface area contributed by atoms with Crippen LogP contribution in [0, 0.1) is 12.8 Å². The maximum atomic E-state index is 11.9. The van der Waals surface area contributed by atoms with Gasteiger partial charge in [-0.3, -0.25) is 4.79 Å². The lowest BCUT2D eigenvalue weighted by Gasteiger charge is -2.29. The maximum Gasteiger partial charge on any atom is 0.244 e. The maximum absolute atomic E-state index is 11.9. The summed E-state index contributed by atoms with van der Waals surface area (Å²) in [5.74, 6) is 0.630. The summed E-state index contributed by atoms with van der Waals surface area (Å²) in [5, 5.41) is 3.13. The summed E-state index contributed by atoms with van der Waals surface area (Å²) in [4.78, 5) is 11.9. The third-order valence-corrected chi connectivity index (χ3v) is 3.91. The smallest absolute Gasteiger partial charge is 0.244 e. The highest BCUT2D eigenvalue weighted by atomic mass is 16.1. The van der Waals surface area contributed by atoms with Gasteiger partial charge in [0.2, 0.25) is 5.91 Å². The molecule has 1 aliphatic rings. The number of hydrogen-bond donors (Lipinski definition) is 1. The quantitative estimate of drug-likeness (QED) is 0.822. The molecular weight excluding hydrogens is 234 g/mol. The Morgan fingerprint density at radius 1 is 1.32 bits per heavy atom. The highest BCUT2D eigenvalue weighted by Gasteiger charge is 2.21. The molecule has 1 fully saturated rings. The number of hydrogen-bond acceptors (Lipinski definition) is 1. The van der Waals surface area contributed by atoms with E-state index in [0.29, 0.717) is 12.0 Å². The van der Waals surface area contributed by atoms with E-state index in [4.69, 9.17) is 0 Å². The zero-order valence-electron chi connectivity index (χ0n) is 11.9. The Bertz CT molecular complexity index is 464. The predicted octanol–water partition coefficient (Wildman–Crippen LogP) is 3.70. The van der Waals surface area contributed by atoms with Crippen molar-refractivity contribution < 1.29 is 4.79 Å². The van der Waals surface area contributed by atoms with Gasteiger partial charge in [0.25, 0.3) is 0 Å². The lowest BCUT2D eigenvalue weighted by Crippen LogP contribution is -2.40. The van der Waals surface area contributed by atoms with Crippen molar-refractivity contribution in [1.29, 1.82) is 0 Å². The average Bonchev–Trinajstić information content (AvgIpc) is 2.39. The van der Waals surface area contributed by atoms with E-state index in [1.54, 1.807) is 6.08 Å². The van der Waals surface area contributed by atoms with Gasteiger partial charge in [-0.25, -0.2) is 0 Å². The Balaban J connectivity index is 1.90. The Hall–Kier alpha value is -1.57. The molecule has 1 aromatic rings. The molecule has 1 N–H and O–H groups in total. The van der Waals surface area contributed by atoms with Gasteiger partial charge >= 0.3 is 0 Å². The molecule has 1 saturated carbocycles. The number of nitrogens with one attached hydrogen (secondary N) is 1. The van der Waals surface area contributed by atoms with E-state index in [9.17, 15) is 4.79 Å². The van der Waals surface area contributed by atoms with Gasteiger partial charge in [0, 0.05) is 12.1 Å². The highest BCUT2D eigenvalue weighted by Crippen LogP contribution is 2.23. The fraction of sp³-hybridized carbons (Fsp3) is 0.471. The minimum absolute atomic E-state index is 0.0280. The van der Waals surface area contributed by atoms with Gasteiger partial charge in [-0.1, -0.05) is 49.6 Å². The molecular formula is C17H23NO. The third-order valence-electron chi connectivity index (χ3n) is 3.91. The summed E-state index contributed by atoms with van der Waals surface area (Å²) in [6.45, 7) is 4.29. The number of amides is 1. The molecule has 2 nitrogen and oxygen atoms in total. The van der Waals surface area contributed by atoms with E-state index in [-0.39, 0.29) is 5.91 Å². The minimum Gasteiger partial charge on any atom is -0.350 e. The minimum atomic E-state index is 0.0280. The van der Waals surface area contributed by atoms with Gasteiger partial charge in [-0.05, 0) is 37.3 Å². The summed E-state index contributed by atoms with van der Waals surface area (Å²) in [7, 11) is 0. The molecule has 2 heteroatoms. The van der Waals surface area contributed by atoms with Crippen LogP contribution in [0.3, 0.4) is 0 Å². The van der Waals surface area contributed by atoms with E-state index >= 15 is 0 Å². The molecule has 0 spiro atoms. The molecule has 2 atom stereocenters.